The van der Waals surface area contributed by atoms with Crippen molar-refractivity contribution in [1.29, 1.82) is 0 Å². The van der Waals surface area contributed by atoms with E-state index in [0.717, 1.165) is 25.5 Å². The number of benzene rings is 1. The molecule has 1 aromatic carbocycles. The fourth-order valence-electron chi connectivity index (χ4n) is 2.00. The average Bonchev–Trinajstić information content (AvgIpc) is 2.73. The smallest absolute Gasteiger partial charge is 0.339 e. The maximum Gasteiger partial charge on any atom is 0.339 e. The van der Waals surface area contributed by atoms with E-state index < -0.39 is 11.8 Å². The first kappa shape index (κ1) is 10.9. The van der Waals surface area contributed by atoms with Gasteiger partial charge < -0.3 is 15.5 Å². The van der Waals surface area contributed by atoms with Gasteiger partial charge in [0.1, 0.15) is 17.1 Å². The zero-order chi connectivity index (χ0) is 11.7. The number of halogens is 1. The van der Waals surface area contributed by atoms with E-state index in [4.69, 9.17) is 5.11 Å². The summed E-state index contributed by atoms with van der Waals surface area (Å²) in [5.41, 5.74) is -0.0569. The molecular formula is C11H12FNO3. The lowest BCUT2D eigenvalue weighted by molar-refractivity contribution is 0.0693. The van der Waals surface area contributed by atoms with Crippen molar-refractivity contribution in [3.8, 4) is 5.75 Å². The number of carboxylic acid groups (broad SMARTS) is 1. The Balaban J connectivity index is 2.47. The largest absolute Gasteiger partial charge is 0.507 e. The van der Waals surface area contributed by atoms with E-state index in [-0.39, 0.29) is 17.4 Å². The third kappa shape index (κ3) is 1.86. The molecule has 0 spiro atoms. The van der Waals surface area contributed by atoms with Gasteiger partial charge in [0.05, 0.1) is 0 Å². The predicted molar refractivity (Wildman–Crippen MR) is 55.0 cm³/mol. The Morgan fingerprint density at radius 2 is 2.25 bits per heavy atom. The molecule has 0 aromatic heterocycles. The highest BCUT2D eigenvalue weighted by molar-refractivity contribution is 5.91. The second-order valence-electron chi connectivity index (χ2n) is 3.85. The number of aromatic carboxylic acids is 1. The molecule has 1 aromatic rings. The molecule has 1 saturated heterocycles. The summed E-state index contributed by atoms with van der Waals surface area (Å²) in [4.78, 5) is 10.8. The van der Waals surface area contributed by atoms with Crippen LogP contribution in [0.5, 0.6) is 5.75 Å². The minimum atomic E-state index is -1.32. The van der Waals surface area contributed by atoms with Crippen LogP contribution in [0, 0.1) is 5.82 Å². The summed E-state index contributed by atoms with van der Waals surface area (Å²) in [6.07, 6.45) is 1.71. The molecule has 4 nitrogen and oxygen atoms in total. The molecule has 1 aliphatic heterocycles. The van der Waals surface area contributed by atoms with Gasteiger partial charge in [0, 0.05) is 11.6 Å². The quantitative estimate of drug-likeness (QED) is 0.715. The van der Waals surface area contributed by atoms with Gasteiger partial charge in [-0.25, -0.2) is 9.18 Å². The third-order valence-electron chi connectivity index (χ3n) is 2.77. The maximum atomic E-state index is 13.2. The second-order valence-corrected chi connectivity index (χ2v) is 3.85. The first-order valence-corrected chi connectivity index (χ1v) is 5.08. The molecule has 0 bridgehead atoms. The van der Waals surface area contributed by atoms with Crippen molar-refractivity contribution in [3.63, 3.8) is 0 Å². The SMILES string of the molecule is O=C(O)c1cc(F)cc([C@H]2CCCN2)c1O. The molecule has 1 atom stereocenters. The predicted octanol–water partition coefficient (Wildman–Crippen LogP) is 1.65. The molecule has 1 aliphatic rings. The van der Waals surface area contributed by atoms with Gasteiger partial charge in [0.25, 0.3) is 0 Å². The molecule has 1 fully saturated rings. The molecule has 1 heterocycles. The Hall–Kier alpha value is -1.62. The van der Waals surface area contributed by atoms with Crippen LogP contribution in [0.15, 0.2) is 12.1 Å². The number of nitrogens with one attached hydrogen (secondary N) is 1. The van der Waals surface area contributed by atoms with Crippen LogP contribution in [0.2, 0.25) is 0 Å². The van der Waals surface area contributed by atoms with Crippen molar-refractivity contribution < 1.29 is 19.4 Å². The van der Waals surface area contributed by atoms with Crippen LogP contribution in [0.4, 0.5) is 4.39 Å². The summed E-state index contributed by atoms with van der Waals surface area (Å²) in [6.45, 7) is 0.795. The van der Waals surface area contributed by atoms with Crippen LogP contribution in [-0.2, 0) is 0 Å². The standard InChI is InChI=1S/C11H12FNO3/c12-6-4-7(9-2-1-3-13-9)10(14)8(5-6)11(15)16/h4-5,9,13-14H,1-3H2,(H,15,16)/t9-/m1/s1. The first-order chi connectivity index (χ1) is 7.59. The molecule has 0 unspecified atom stereocenters. The van der Waals surface area contributed by atoms with E-state index in [2.05, 4.69) is 5.32 Å². The lowest BCUT2D eigenvalue weighted by Crippen LogP contribution is -2.14. The van der Waals surface area contributed by atoms with Gasteiger partial charge in [0.2, 0.25) is 0 Å². The zero-order valence-electron chi connectivity index (χ0n) is 8.53. The summed E-state index contributed by atoms with van der Waals surface area (Å²) in [5.74, 6) is -2.30. The molecule has 5 heteroatoms. The molecule has 0 amide bonds. The Kier molecular flexibility index (Phi) is 2.78. The monoisotopic (exact) mass is 225 g/mol. The highest BCUT2D eigenvalue weighted by atomic mass is 19.1. The van der Waals surface area contributed by atoms with Gasteiger partial charge in [-0.2, -0.15) is 0 Å². The van der Waals surface area contributed by atoms with Gasteiger partial charge in [-0.1, -0.05) is 0 Å². The van der Waals surface area contributed by atoms with Crippen molar-refractivity contribution >= 4 is 5.97 Å². The van der Waals surface area contributed by atoms with E-state index in [1.54, 1.807) is 0 Å². The summed E-state index contributed by atoms with van der Waals surface area (Å²) in [5, 5.41) is 21.7. The van der Waals surface area contributed by atoms with Crippen molar-refractivity contribution in [1.82, 2.24) is 5.32 Å². The molecular weight excluding hydrogens is 213 g/mol. The van der Waals surface area contributed by atoms with Crippen LogP contribution < -0.4 is 5.32 Å². The Labute approximate surface area is 91.7 Å². The Bertz CT molecular complexity index is 427. The zero-order valence-corrected chi connectivity index (χ0v) is 8.53. The minimum absolute atomic E-state index is 0.159. The van der Waals surface area contributed by atoms with Crippen LogP contribution >= 0.6 is 0 Å². The topological polar surface area (TPSA) is 69.6 Å². The van der Waals surface area contributed by atoms with Crippen LogP contribution in [0.3, 0.4) is 0 Å². The van der Waals surface area contributed by atoms with Gasteiger partial charge in [-0.05, 0) is 31.5 Å². The van der Waals surface area contributed by atoms with E-state index in [9.17, 15) is 14.3 Å². The summed E-state index contributed by atoms with van der Waals surface area (Å²) in [7, 11) is 0. The summed E-state index contributed by atoms with van der Waals surface area (Å²) < 4.78 is 13.2. The Morgan fingerprint density at radius 3 is 2.81 bits per heavy atom. The van der Waals surface area contributed by atoms with E-state index in [1.165, 1.54) is 6.07 Å². The van der Waals surface area contributed by atoms with Gasteiger partial charge in [-0.3, -0.25) is 0 Å². The molecule has 2 rings (SSSR count). The normalized spacial score (nSPS) is 19.9. The summed E-state index contributed by atoms with van der Waals surface area (Å²) >= 11 is 0. The third-order valence-corrected chi connectivity index (χ3v) is 2.77. The fourth-order valence-corrected chi connectivity index (χ4v) is 2.00. The van der Waals surface area contributed by atoms with Gasteiger partial charge in [-0.15, -0.1) is 0 Å². The van der Waals surface area contributed by atoms with E-state index in [0.29, 0.717) is 5.56 Å². The van der Waals surface area contributed by atoms with Crippen LogP contribution in [0.1, 0.15) is 34.8 Å². The lowest BCUT2D eigenvalue weighted by atomic mass is 10.0. The molecule has 0 saturated carbocycles. The van der Waals surface area contributed by atoms with Crippen LogP contribution in [0.25, 0.3) is 0 Å². The number of carboxylic acids is 1. The molecule has 0 aliphatic carbocycles. The Morgan fingerprint density at radius 1 is 1.50 bits per heavy atom. The molecule has 86 valence electrons. The molecule has 16 heavy (non-hydrogen) atoms. The van der Waals surface area contributed by atoms with Crippen molar-refractivity contribution in [2.24, 2.45) is 0 Å². The van der Waals surface area contributed by atoms with Gasteiger partial charge >= 0.3 is 5.97 Å². The molecule has 0 radical (unpaired) electrons. The second kappa shape index (κ2) is 4.09. The maximum absolute atomic E-state index is 13.2. The molecule has 3 N–H and O–H groups in total. The van der Waals surface area contributed by atoms with E-state index in [1.807, 2.05) is 0 Å². The number of carbonyl (C=O) groups is 1. The summed E-state index contributed by atoms with van der Waals surface area (Å²) in [6, 6.07) is 1.86. The number of aromatic hydroxyl groups is 1. The van der Waals surface area contributed by atoms with Crippen molar-refractivity contribution in [2.75, 3.05) is 6.54 Å². The van der Waals surface area contributed by atoms with E-state index >= 15 is 0 Å². The number of hydrogen-bond acceptors (Lipinski definition) is 3. The number of rotatable bonds is 2. The fraction of sp³-hybridized carbons (Fsp3) is 0.364. The minimum Gasteiger partial charge on any atom is -0.507 e. The van der Waals surface area contributed by atoms with Crippen LogP contribution in [-0.4, -0.2) is 22.7 Å². The van der Waals surface area contributed by atoms with Crippen molar-refractivity contribution in [3.05, 3.63) is 29.1 Å². The highest BCUT2D eigenvalue weighted by Crippen LogP contribution is 2.33. The van der Waals surface area contributed by atoms with Gasteiger partial charge in [0.15, 0.2) is 0 Å². The number of hydrogen-bond donors (Lipinski definition) is 3. The number of phenols is 1. The first-order valence-electron chi connectivity index (χ1n) is 5.08. The average molecular weight is 225 g/mol. The lowest BCUT2D eigenvalue weighted by Gasteiger charge is -2.14. The van der Waals surface area contributed by atoms with Crippen molar-refractivity contribution in [2.45, 2.75) is 18.9 Å². The highest BCUT2D eigenvalue weighted by Gasteiger charge is 2.24.